The number of hydrogen-bond acceptors (Lipinski definition) is 0. The number of benzene rings is 2. The van der Waals surface area contributed by atoms with Crippen LogP contribution in [-0.4, -0.2) is 4.98 Å². The van der Waals surface area contributed by atoms with Crippen molar-refractivity contribution in [3.8, 4) is 0 Å². The summed E-state index contributed by atoms with van der Waals surface area (Å²) >= 11 is 9.37. The van der Waals surface area contributed by atoms with Gasteiger partial charge in [-0.15, -0.1) is 0 Å². The molecule has 0 saturated carbocycles. The summed E-state index contributed by atoms with van der Waals surface area (Å²) in [6.07, 6.45) is 0.892. The fourth-order valence-corrected chi connectivity index (χ4v) is 2.59. The van der Waals surface area contributed by atoms with Crippen molar-refractivity contribution in [1.29, 1.82) is 0 Å². The van der Waals surface area contributed by atoms with E-state index in [0.29, 0.717) is 0 Å². The lowest BCUT2D eigenvalue weighted by Crippen LogP contribution is -1.87. The molecule has 3 heteroatoms. The molecule has 3 rings (SSSR count). The van der Waals surface area contributed by atoms with E-state index >= 15 is 0 Å². The molecule has 0 aliphatic carbocycles. The molecule has 0 atom stereocenters. The highest BCUT2D eigenvalue weighted by Gasteiger charge is 2.02. The van der Waals surface area contributed by atoms with Crippen molar-refractivity contribution >= 4 is 38.4 Å². The van der Waals surface area contributed by atoms with Crippen molar-refractivity contribution < 1.29 is 0 Å². The Kier molecular flexibility index (Phi) is 3.14. The first-order valence-corrected chi connectivity index (χ1v) is 6.89. The maximum absolute atomic E-state index is 5.88. The molecule has 90 valence electrons. The third-order valence-corrected chi connectivity index (χ3v) is 3.69. The van der Waals surface area contributed by atoms with Crippen LogP contribution in [-0.2, 0) is 6.42 Å². The molecule has 18 heavy (non-hydrogen) atoms. The highest BCUT2D eigenvalue weighted by Crippen LogP contribution is 2.22. The summed E-state index contributed by atoms with van der Waals surface area (Å²) in [4.78, 5) is 3.43. The van der Waals surface area contributed by atoms with E-state index in [2.05, 4.69) is 51.2 Å². The van der Waals surface area contributed by atoms with Gasteiger partial charge in [0.05, 0.1) is 0 Å². The Balaban J connectivity index is 1.92. The van der Waals surface area contributed by atoms with Gasteiger partial charge in [0.15, 0.2) is 0 Å². The summed E-state index contributed by atoms with van der Waals surface area (Å²) in [5, 5.41) is 2.01. The van der Waals surface area contributed by atoms with Gasteiger partial charge in [-0.05, 0) is 42.0 Å². The molecule has 1 N–H and O–H groups in total. The normalized spacial score (nSPS) is 11.0. The molecule has 0 radical (unpaired) electrons. The number of aromatic nitrogens is 1. The molecule has 0 saturated heterocycles. The molecular formula is C15H11BrClN. The fraction of sp³-hybridized carbons (Fsp3) is 0.0667. The van der Waals surface area contributed by atoms with Crippen LogP contribution in [0.5, 0.6) is 0 Å². The van der Waals surface area contributed by atoms with E-state index in [1.165, 1.54) is 22.2 Å². The lowest BCUT2D eigenvalue weighted by molar-refractivity contribution is 1.12. The lowest BCUT2D eigenvalue weighted by Gasteiger charge is -1.98. The van der Waals surface area contributed by atoms with Crippen LogP contribution in [0.1, 0.15) is 11.3 Å². The third-order valence-electron chi connectivity index (χ3n) is 2.95. The zero-order valence-corrected chi connectivity index (χ0v) is 11.9. The Labute approximate surface area is 119 Å². The van der Waals surface area contributed by atoms with Gasteiger partial charge in [-0.3, -0.25) is 0 Å². The molecule has 1 heterocycles. The SMILES string of the molecule is Clc1ccc(Cc2cc3cc(Br)ccc3[nH]2)cc1. The van der Waals surface area contributed by atoms with Gasteiger partial charge in [0.1, 0.15) is 0 Å². The molecule has 2 aromatic carbocycles. The number of rotatable bonds is 2. The largest absolute Gasteiger partial charge is 0.358 e. The van der Waals surface area contributed by atoms with Gasteiger partial charge in [0.25, 0.3) is 0 Å². The molecule has 0 fully saturated rings. The zero-order chi connectivity index (χ0) is 12.5. The van der Waals surface area contributed by atoms with Crippen LogP contribution in [0.15, 0.2) is 53.0 Å². The minimum Gasteiger partial charge on any atom is -0.358 e. The Morgan fingerprint density at radius 2 is 1.78 bits per heavy atom. The number of aromatic amines is 1. The number of fused-ring (bicyclic) bond motifs is 1. The van der Waals surface area contributed by atoms with Crippen molar-refractivity contribution in [1.82, 2.24) is 4.98 Å². The molecule has 1 nitrogen and oxygen atoms in total. The van der Waals surface area contributed by atoms with E-state index in [1.54, 1.807) is 0 Å². The average Bonchev–Trinajstić information content (AvgIpc) is 2.73. The Morgan fingerprint density at radius 3 is 2.56 bits per heavy atom. The smallest absolute Gasteiger partial charge is 0.0456 e. The van der Waals surface area contributed by atoms with E-state index in [1.807, 2.05) is 18.2 Å². The van der Waals surface area contributed by atoms with Crippen molar-refractivity contribution in [2.24, 2.45) is 0 Å². The summed E-state index contributed by atoms with van der Waals surface area (Å²) in [7, 11) is 0. The van der Waals surface area contributed by atoms with E-state index in [9.17, 15) is 0 Å². The second kappa shape index (κ2) is 4.79. The maximum Gasteiger partial charge on any atom is 0.0456 e. The zero-order valence-electron chi connectivity index (χ0n) is 9.58. The number of nitrogens with one attached hydrogen (secondary N) is 1. The summed E-state index contributed by atoms with van der Waals surface area (Å²) < 4.78 is 1.10. The third kappa shape index (κ3) is 2.45. The van der Waals surface area contributed by atoms with Crippen LogP contribution in [0.2, 0.25) is 5.02 Å². The van der Waals surface area contributed by atoms with E-state index in [4.69, 9.17) is 11.6 Å². The molecule has 0 unspecified atom stereocenters. The van der Waals surface area contributed by atoms with Crippen molar-refractivity contribution in [2.45, 2.75) is 6.42 Å². The van der Waals surface area contributed by atoms with Crippen LogP contribution >= 0.6 is 27.5 Å². The van der Waals surface area contributed by atoms with Gasteiger partial charge in [-0.25, -0.2) is 0 Å². The number of halogens is 2. The number of hydrogen-bond donors (Lipinski definition) is 1. The quantitative estimate of drug-likeness (QED) is 0.670. The van der Waals surface area contributed by atoms with Crippen LogP contribution in [0, 0.1) is 0 Å². The topological polar surface area (TPSA) is 15.8 Å². The van der Waals surface area contributed by atoms with Crippen LogP contribution in [0.4, 0.5) is 0 Å². The Hall–Kier alpha value is -1.25. The minimum absolute atomic E-state index is 0.777. The van der Waals surface area contributed by atoms with Gasteiger partial charge in [-0.2, -0.15) is 0 Å². The first kappa shape index (κ1) is 11.8. The Morgan fingerprint density at radius 1 is 1.00 bits per heavy atom. The molecule has 0 aliphatic rings. The fourth-order valence-electron chi connectivity index (χ4n) is 2.08. The molecule has 0 amide bonds. The second-order valence-electron chi connectivity index (χ2n) is 4.33. The molecule has 0 bridgehead atoms. The average molecular weight is 321 g/mol. The first-order valence-electron chi connectivity index (χ1n) is 5.72. The summed E-state index contributed by atoms with van der Waals surface area (Å²) in [5.74, 6) is 0. The Bertz CT molecular complexity index is 685. The minimum atomic E-state index is 0.777. The molecule has 0 aliphatic heterocycles. The highest BCUT2D eigenvalue weighted by molar-refractivity contribution is 9.10. The van der Waals surface area contributed by atoms with Gasteiger partial charge in [0, 0.05) is 32.5 Å². The first-order chi connectivity index (χ1) is 8.70. The van der Waals surface area contributed by atoms with Crippen molar-refractivity contribution in [3.05, 3.63) is 69.3 Å². The van der Waals surface area contributed by atoms with Gasteiger partial charge in [0.2, 0.25) is 0 Å². The van der Waals surface area contributed by atoms with Gasteiger partial charge >= 0.3 is 0 Å². The predicted octanol–water partition coefficient (Wildman–Crippen LogP) is 5.17. The second-order valence-corrected chi connectivity index (χ2v) is 5.68. The van der Waals surface area contributed by atoms with Crippen molar-refractivity contribution in [3.63, 3.8) is 0 Å². The van der Waals surface area contributed by atoms with Crippen LogP contribution < -0.4 is 0 Å². The molecule has 1 aromatic heterocycles. The van der Waals surface area contributed by atoms with Gasteiger partial charge < -0.3 is 4.98 Å². The molecule has 3 aromatic rings. The number of H-pyrrole nitrogens is 1. The molecule has 0 spiro atoms. The van der Waals surface area contributed by atoms with E-state index in [-0.39, 0.29) is 0 Å². The summed E-state index contributed by atoms with van der Waals surface area (Å²) in [5.41, 5.74) is 3.64. The standard InChI is InChI=1S/C15H11BrClN/c16-12-3-6-15-11(8-12)9-14(18-15)7-10-1-4-13(17)5-2-10/h1-6,8-9,18H,7H2. The summed E-state index contributed by atoms with van der Waals surface area (Å²) in [6.45, 7) is 0. The van der Waals surface area contributed by atoms with Crippen LogP contribution in [0.3, 0.4) is 0 Å². The monoisotopic (exact) mass is 319 g/mol. The highest BCUT2D eigenvalue weighted by atomic mass is 79.9. The van der Waals surface area contributed by atoms with Crippen LogP contribution in [0.25, 0.3) is 10.9 Å². The summed E-state index contributed by atoms with van der Waals surface area (Å²) in [6, 6.07) is 16.4. The maximum atomic E-state index is 5.88. The van der Waals surface area contributed by atoms with E-state index in [0.717, 1.165) is 15.9 Å². The lowest BCUT2D eigenvalue weighted by atomic mass is 10.1. The predicted molar refractivity (Wildman–Crippen MR) is 80.3 cm³/mol. The van der Waals surface area contributed by atoms with Gasteiger partial charge in [-0.1, -0.05) is 39.7 Å². The molecular weight excluding hydrogens is 310 g/mol. The van der Waals surface area contributed by atoms with E-state index < -0.39 is 0 Å². The van der Waals surface area contributed by atoms with Crippen molar-refractivity contribution in [2.75, 3.05) is 0 Å².